The summed E-state index contributed by atoms with van der Waals surface area (Å²) >= 11 is 5.91. The molecule has 0 spiro atoms. The summed E-state index contributed by atoms with van der Waals surface area (Å²) in [5, 5.41) is 6.73. The number of carbonyl (C=O) groups is 3. The van der Waals surface area contributed by atoms with Crippen molar-refractivity contribution >= 4 is 29.3 Å². The lowest BCUT2D eigenvalue weighted by Crippen LogP contribution is -2.49. The molecule has 7 heteroatoms. The number of rotatable bonds is 5. The van der Waals surface area contributed by atoms with Gasteiger partial charge < -0.3 is 15.5 Å². The first-order chi connectivity index (χ1) is 14.3. The number of likely N-dealkylation sites (tertiary alicyclic amines) is 1. The summed E-state index contributed by atoms with van der Waals surface area (Å²) in [5.41, 5.74) is 0.590. The van der Waals surface area contributed by atoms with Crippen LogP contribution in [-0.2, 0) is 9.59 Å². The van der Waals surface area contributed by atoms with E-state index in [0.29, 0.717) is 30.1 Å². The van der Waals surface area contributed by atoms with Crippen molar-refractivity contribution in [2.24, 2.45) is 11.8 Å². The standard InChI is InChI=1S/C23H32ClN3O3/c1-15(2)25-21(28)17-5-3-7-20(13-17)26-22(29)18-6-4-12-27(14-18)23(30)16-8-10-19(24)11-9-16/h8-11,15,17-18,20H,3-7,12-14H2,1-2H3,(H,25,28)(H,26,29). The summed E-state index contributed by atoms with van der Waals surface area (Å²) < 4.78 is 0. The third kappa shape index (κ3) is 5.97. The lowest BCUT2D eigenvalue weighted by atomic mass is 9.84. The highest BCUT2D eigenvalue weighted by molar-refractivity contribution is 6.30. The van der Waals surface area contributed by atoms with Crippen molar-refractivity contribution in [2.75, 3.05) is 13.1 Å². The monoisotopic (exact) mass is 433 g/mol. The molecule has 0 aromatic heterocycles. The topological polar surface area (TPSA) is 78.5 Å². The molecule has 1 aliphatic carbocycles. The van der Waals surface area contributed by atoms with Crippen molar-refractivity contribution in [3.8, 4) is 0 Å². The molecule has 2 N–H and O–H groups in total. The van der Waals surface area contributed by atoms with Gasteiger partial charge in [-0.1, -0.05) is 18.0 Å². The van der Waals surface area contributed by atoms with Gasteiger partial charge in [-0.25, -0.2) is 0 Å². The third-order valence-corrected chi connectivity index (χ3v) is 6.24. The molecule has 0 bridgehead atoms. The quantitative estimate of drug-likeness (QED) is 0.747. The minimum absolute atomic E-state index is 0.00137. The SMILES string of the molecule is CC(C)NC(=O)C1CCCC(NC(=O)C2CCCN(C(=O)c3ccc(Cl)cc3)C2)C1. The van der Waals surface area contributed by atoms with Crippen LogP contribution in [0.5, 0.6) is 0 Å². The van der Waals surface area contributed by atoms with E-state index in [1.807, 2.05) is 13.8 Å². The summed E-state index contributed by atoms with van der Waals surface area (Å²) in [5.74, 6) is -0.229. The van der Waals surface area contributed by atoms with Crippen LogP contribution in [0.25, 0.3) is 0 Å². The smallest absolute Gasteiger partial charge is 0.253 e. The first-order valence-corrected chi connectivity index (χ1v) is 11.4. The van der Waals surface area contributed by atoms with Crippen LogP contribution in [0.15, 0.2) is 24.3 Å². The van der Waals surface area contributed by atoms with Gasteiger partial charge in [0.25, 0.3) is 5.91 Å². The average molecular weight is 434 g/mol. The zero-order valence-corrected chi connectivity index (χ0v) is 18.6. The summed E-state index contributed by atoms with van der Waals surface area (Å²) in [4.78, 5) is 39.8. The molecule has 30 heavy (non-hydrogen) atoms. The number of carbonyl (C=O) groups excluding carboxylic acids is 3. The fraction of sp³-hybridized carbons (Fsp3) is 0.609. The van der Waals surface area contributed by atoms with Gasteiger partial charge in [-0.3, -0.25) is 14.4 Å². The normalized spacial score (nSPS) is 24.4. The zero-order chi connectivity index (χ0) is 21.7. The second-order valence-corrected chi connectivity index (χ2v) is 9.27. The minimum atomic E-state index is -0.208. The predicted molar refractivity (Wildman–Crippen MR) is 117 cm³/mol. The zero-order valence-electron chi connectivity index (χ0n) is 17.8. The maximum atomic E-state index is 12.9. The number of hydrogen-bond donors (Lipinski definition) is 2. The van der Waals surface area contributed by atoms with Gasteiger partial charge in [-0.05, 0) is 70.2 Å². The summed E-state index contributed by atoms with van der Waals surface area (Å²) in [7, 11) is 0. The number of amides is 3. The van der Waals surface area contributed by atoms with Gasteiger partial charge >= 0.3 is 0 Å². The Labute approximate surface area is 183 Å². The van der Waals surface area contributed by atoms with Crippen molar-refractivity contribution in [2.45, 2.75) is 64.5 Å². The number of piperidine rings is 1. The van der Waals surface area contributed by atoms with E-state index in [1.54, 1.807) is 29.2 Å². The van der Waals surface area contributed by atoms with Crippen LogP contribution in [0.2, 0.25) is 5.02 Å². The highest BCUT2D eigenvalue weighted by Crippen LogP contribution is 2.26. The molecule has 1 saturated carbocycles. The maximum Gasteiger partial charge on any atom is 0.253 e. The molecule has 3 unspecified atom stereocenters. The molecule has 164 valence electrons. The Balaban J connectivity index is 1.54. The molecular weight excluding hydrogens is 402 g/mol. The van der Waals surface area contributed by atoms with Crippen molar-refractivity contribution in [1.82, 2.24) is 15.5 Å². The van der Waals surface area contributed by atoms with E-state index < -0.39 is 0 Å². The van der Waals surface area contributed by atoms with Crippen molar-refractivity contribution in [3.63, 3.8) is 0 Å². The fourth-order valence-corrected chi connectivity index (χ4v) is 4.56. The molecule has 3 atom stereocenters. The van der Waals surface area contributed by atoms with Crippen LogP contribution < -0.4 is 10.6 Å². The molecule has 1 aliphatic heterocycles. The van der Waals surface area contributed by atoms with Gasteiger partial charge in [0.2, 0.25) is 11.8 Å². The molecule has 2 aliphatic rings. The Morgan fingerprint density at radius 2 is 1.70 bits per heavy atom. The van der Waals surface area contributed by atoms with Gasteiger partial charge in [0.05, 0.1) is 5.92 Å². The van der Waals surface area contributed by atoms with E-state index >= 15 is 0 Å². The first-order valence-electron chi connectivity index (χ1n) is 11.0. The lowest BCUT2D eigenvalue weighted by Gasteiger charge is -2.34. The van der Waals surface area contributed by atoms with E-state index in [-0.39, 0.29) is 41.6 Å². The van der Waals surface area contributed by atoms with E-state index in [9.17, 15) is 14.4 Å². The van der Waals surface area contributed by atoms with Gasteiger partial charge in [0.1, 0.15) is 0 Å². The van der Waals surface area contributed by atoms with Crippen molar-refractivity contribution < 1.29 is 14.4 Å². The van der Waals surface area contributed by atoms with Crippen LogP contribution in [0.4, 0.5) is 0 Å². The predicted octanol–water partition coefficient (Wildman–Crippen LogP) is 3.39. The van der Waals surface area contributed by atoms with Gasteiger partial charge in [-0.15, -0.1) is 0 Å². The van der Waals surface area contributed by atoms with Crippen molar-refractivity contribution in [3.05, 3.63) is 34.9 Å². The molecule has 1 aromatic rings. The molecule has 2 fully saturated rings. The van der Waals surface area contributed by atoms with Crippen LogP contribution in [0.1, 0.15) is 62.7 Å². The highest BCUT2D eigenvalue weighted by atomic mass is 35.5. The average Bonchev–Trinajstić information content (AvgIpc) is 2.73. The summed E-state index contributed by atoms with van der Waals surface area (Å²) in [6.07, 6.45) is 4.98. The van der Waals surface area contributed by atoms with E-state index in [1.165, 1.54) is 0 Å². The Morgan fingerprint density at radius 3 is 2.40 bits per heavy atom. The Kier molecular flexibility index (Phi) is 7.75. The van der Waals surface area contributed by atoms with Crippen LogP contribution >= 0.6 is 11.6 Å². The highest BCUT2D eigenvalue weighted by Gasteiger charge is 2.32. The Bertz CT molecular complexity index is 765. The molecule has 3 rings (SSSR count). The fourth-order valence-electron chi connectivity index (χ4n) is 4.43. The van der Waals surface area contributed by atoms with Gasteiger partial charge in [-0.2, -0.15) is 0 Å². The molecule has 1 saturated heterocycles. The van der Waals surface area contributed by atoms with Crippen LogP contribution in [0.3, 0.4) is 0 Å². The van der Waals surface area contributed by atoms with Crippen molar-refractivity contribution in [1.29, 1.82) is 0 Å². The van der Waals surface area contributed by atoms with E-state index in [0.717, 1.165) is 32.1 Å². The maximum absolute atomic E-state index is 12.9. The number of benzene rings is 1. The molecule has 1 heterocycles. The third-order valence-electron chi connectivity index (χ3n) is 5.99. The molecule has 0 radical (unpaired) electrons. The van der Waals surface area contributed by atoms with Gasteiger partial charge in [0.15, 0.2) is 0 Å². The summed E-state index contributed by atoms with van der Waals surface area (Å²) in [6.45, 7) is 5.00. The Hall–Kier alpha value is -2.08. The number of nitrogens with zero attached hydrogens (tertiary/aromatic N) is 1. The van der Waals surface area contributed by atoms with Gasteiger partial charge in [0, 0.05) is 41.7 Å². The minimum Gasteiger partial charge on any atom is -0.354 e. The number of nitrogens with one attached hydrogen (secondary N) is 2. The van der Waals surface area contributed by atoms with E-state index in [4.69, 9.17) is 11.6 Å². The first kappa shape index (κ1) is 22.6. The largest absolute Gasteiger partial charge is 0.354 e. The molecule has 1 aromatic carbocycles. The lowest BCUT2D eigenvalue weighted by molar-refractivity contribution is -0.130. The van der Waals surface area contributed by atoms with Crippen LogP contribution in [-0.4, -0.2) is 47.8 Å². The van der Waals surface area contributed by atoms with Crippen LogP contribution in [0, 0.1) is 11.8 Å². The summed E-state index contributed by atoms with van der Waals surface area (Å²) in [6, 6.07) is 7.00. The Morgan fingerprint density at radius 1 is 1.00 bits per heavy atom. The molecule has 3 amide bonds. The molecular formula is C23H32ClN3O3. The second-order valence-electron chi connectivity index (χ2n) is 8.83. The molecule has 6 nitrogen and oxygen atoms in total. The second kappa shape index (κ2) is 10.3. The number of hydrogen-bond acceptors (Lipinski definition) is 3. The number of halogens is 1. The van der Waals surface area contributed by atoms with E-state index in [2.05, 4.69) is 10.6 Å².